The molecule has 0 radical (unpaired) electrons. The van der Waals surface area contributed by atoms with E-state index < -0.39 is 16.0 Å². The van der Waals surface area contributed by atoms with Gasteiger partial charge >= 0.3 is 10.2 Å². The van der Waals surface area contributed by atoms with Gasteiger partial charge in [0.1, 0.15) is 5.82 Å². The molecule has 0 aromatic heterocycles. The summed E-state index contributed by atoms with van der Waals surface area (Å²) in [6.45, 7) is 1.84. The predicted octanol–water partition coefficient (Wildman–Crippen LogP) is 4.96. The second-order valence-electron chi connectivity index (χ2n) is 7.36. The molecule has 0 unspecified atom stereocenters. The van der Waals surface area contributed by atoms with Gasteiger partial charge in [-0.25, -0.2) is 4.39 Å². The Balaban J connectivity index is 1.82. The van der Waals surface area contributed by atoms with E-state index in [-0.39, 0.29) is 18.1 Å². The lowest BCUT2D eigenvalue weighted by molar-refractivity contribution is 0.102. The van der Waals surface area contributed by atoms with E-state index in [0.717, 1.165) is 18.6 Å². The summed E-state index contributed by atoms with van der Waals surface area (Å²) in [5.41, 5.74) is 2.64. The fraction of sp³-hybridized carbons (Fsp3) is 0.174. The van der Waals surface area contributed by atoms with Crippen LogP contribution in [0.1, 0.15) is 21.5 Å². The van der Waals surface area contributed by atoms with E-state index in [0.29, 0.717) is 16.8 Å². The Morgan fingerprint density at radius 3 is 2.28 bits per heavy atom. The smallest absolute Gasteiger partial charge is 0.303 e. The average molecular weight is 520 g/mol. The number of carbonyl (C=O) groups excluding carboxylic acids is 1. The minimum Gasteiger partial charge on any atom is -0.322 e. The number of halogens is 2. The Kier molecular flexibility index (Phi) is 7.33. The summed E-state index contributed by atoms with van der Waals surface area (Å²) in [7, 11) is -1.17. The molecule has 3 aromatic carbocycles. The van der Waals surface area contributed by atoms with Crippen LogP contribution in [0, 0.1) is 12.7 Å². The normalized spacial score (nSPS) is 11.4. The highest BCUT2D eigenvalue weighted by Crippen LogP contribution is 2.26. The quantitative estimate of drug-likeness (QED) is 0.479. The summed E-state index contributed by atoms with van der Waals surface area (Å²) in [6.07, 6.45) is 0. The first-order valence-electron chi connectivity index (χ1n) is 9.71. The van der Waals surface area contributed by atoms with Crippen LogP contribution in [0.5, 0.6) is 0 Å². The molecule has 0 spiro atoms. The van der Waals surface area contributed by atoms with Gasteiger partial charge in [-0.15, -0.1) is 0 Å². The molecular formula is C23H23BrFN3O3S. The fourth-order valence-corrected chi connectivity index (χ4v) is 4.34. The van der Waals surface area contributed by atoms with Crippen molar-refractivity contribution in [2.45, 2.75) is 13.5 Å². The van der Waals surface area contributed by atoms with Crippen LogP contribution < -0.4 is 9.62 Å². The molecule has 0 aliphatic rings. The number of amides is 1. The van der Waals surface area contributed by atoms with Crippen molar-refractivity contribution < 1.29 is 17.6 Å². The summed E-state index contributed by atoms with van der Waals surface area (Å²) < 4.78 is 43.0. The van der Waals surface area contributed by atoms with E-state index in [9.17, 15) is 17.6 Å². The van der Waals surface area contributed by atoms with Crippen molar-refractivity contribution in [1.29, 1.82) is 0 Å². The third kappa shape index (κ3) is 5.35. The van der Waals surface area contributed by atoms with E-state index in [1.54, 1.807) is 36.4 Å². The molecular weight excluding hydrogens is 497 g/mol. The van der Waals surface area contributed by atoms with Gasteiger partial charge in [0.25, 0.3) is 5.91 Å². The maximum atomic E-state index is 14.4. The van der Waals surface area contributed by atoms with E-state index in [4.69, 9.17) is 0 Å². The monoisotopic (exact) mass is 519 g/mol. The van der Waals surface area contributed by atoms with E-state index in [1.807, 2.05) is 19.1 Å². The molecule has 3 rings (SSSR count). The highest BCUT2D eigenvalue weighted by molar-refractivity contribution is 9.10. The molecule has 1 amide bonds. The van der Waals surface area contributed by atoms with Crippen LogP contribution in [0.15, 0.2) is 71.2 Å². The zero-order chi connectivity index (χ0) is 23.5. The summed E-state index contributed by atoms with van der Waals surface area (Å²) in [5.74, 6) is -0.927. The lowest BCUT2D eigenvalue weighted by Crippen LogP contribution is -2.40. The lowest BCUT2D eigenvalue weighted by Gasteiger charge is -2.27. The largest absolute Gasteiger partial charge is 0.322 e. The molecule has 0 saturated carbocycles. The van der Waals surface area contributed by atoms with Gasteiger partial charge in [-0.2, -0.15) is 12.7 Å². The van der Waals surface area contributed by atoms with Crippen LogP contribution in [-0.2, 0) is 16.8 Å². The van der Waals surface area contributed by atoms with Crippen molar-refractivity contribution >= 4 is 43.4 Å². The molecule has 1 N–H and O–H groups in total. The number of carbonyl (C=O) groups is 1. The van der Waals surface area contributed by atoms with Crippen LogP contribution in [0.4, 0.5) is 15.8 Å². The summed E-state index contributed by atoms with van der Waals surface area (Å²) >= 11 is 3.43. The Morgan fingerprint density at radius 1 is 1.03 bits per heavy atom. The molecule has 0 aliphatic carbocycles. The van der Waals surface area contributed by atoms with Crippen molar-refractivity contribution in [1.82, 2.24) is 4.31 Å². The second-order valence-corrected chi connectivity index (χ2v) is 10.3. The third-order valence-corrected chi connectivity index (χ3v) is 7.51. The van der Waals surface area contributed by atoms with Crippen LogP contribution >= 0.6 is 15.9 Å². The van der Waals surface area contributed by atoms with Crippen molar-refractivity contribution in [3.05, 3.63) is 93.7 Å². The topological polar surface area (TPSA) is 69.7 Å². The van der Waals surface area contributed by atoms with Crippen molar-refractivity contribution in [3.63, 3.8) is 0 Å². The van der Waals surface area contributed by atoms with Crippen molar-refractivity contribution in [2.24, 2.45) is 0 Å². The van der Waals surface area contributed by atoms with Crippen LogP contribution in [0.3, 0.4) is 0 Å². The van der Waals surface area contributed by atoms with Gasteiger partial charge in [0.2, 0.25) is 0 Å². The molecule has 0 saturated heterocycles. The summed E-state index contributed by atoms with van der Waals surface area (Å²) in [6, 6.07) is 17.7. The standard InChI is InChI=1S/C23H23BrFN3O3S/c1-16-14-19(12-13-20(16)24)26-23(29)18-10-8-17(9-11-18)15-28(32(30,31)27(2)3)22-7-5-4-6-21(22)25/h4-14H,15H2,1-3H3,(H,26,29). The Morgan fingerprint density at radius 2 is 1.69 bits per heavy atom. The molecule has 0 aliphatic heterocycles. The van der Waals surface area contributed by atoms with Crippen molar-refractivity contribution in [3.8, 4) is 0 Å². The number of hydrogen-bond donors (Lipinski definition) is 1. The average Bonchev–Trinajstić information content (AvgIpc) is 2.75. The zero-order valence-corrected chi connectivity index (χ0v) is 20.2. The molecule has 168 valence electrons. The highest BCUT2D eigenvalue weighted by Gasteiger charge is 2.27. The summed E-state index contributed by atoms with van der Waals surface area (Å²) in [5, 5.41) is 2.84. The molecule has 0 atom stereocenters. The minimum absolute atomic E-state index is 0.0476. The SMILES string of the molecule is Cc1cc(NC(=O)c2ccc(CN(c3ccccc3F)S(=O)(=O)N(C)C)cc2)ccc1Br. The van der Waals surface area contributed by atoms with Gasteiger partial charge in [-0.1, -0.05) is 40.2 Å². The minimum atomic E-state index is -3.94. The van der Waals surface area contributed by atoms with E-state index in [1.165, 1.54) is 32.3 Å². The maximum absolute atomic E-state index is 14.4. The molecule has 3 aromatic rings. The molecule has 0 fully saturated rings. The summed E-state index contributed by atoms with van der Waals surface area (Å²) in [4.78, 5) is 12.6. The number of nitrogens with one attached hydrogen (secondary N) is 1. The Bertz CT molecular complexity index is 1230. The first-order chi connectivity index (χ1) is 15.1. The number of para-hydroxylation sites is 1. The zero-order valence-electron chi connectivity index (χ0n) is 17.8. The number of hydrogen-bond acceptors (Lipinski definition) is 3. The number of rotatable bonds is 7. The van der Waals surface area contributed by atoms with Crippen LogP contribution in [0.2, 0.25) is 0 Å². The molecule has 32 heavy (non-hydrogen) atoms. The van der Waals surface area contributed by atoms with Gasteiger partial charge in [-0.05, 0) is 60.5 Å². The van der Waals surface area contributed by atoms with Gasteiger partial charge in [-0.3, -0.25) is 9.10 Å². The number of nitrogens with zero attached hydrogens (tertiary/aromatic N) is 2. The third-order valence-electron chi connectivity index (χ3n) is 4.82. The second kappa shape index (κ2) is 9.81. The number of anilines is 2. The van der Waals surface area contributed by atoms with Crippen molar-refractivity contribution in [2.75, 3.05) is 23.7 Å². The Hall–Kier alpha value is -2.75. The molecule has 6 nitrogen and oxygen atoms in total. The van der Waals surface area contributed by atoms with Crippen LogP contribution in [0.25, 0.3) is 0 Å². The first kappa shape index (κ1) is 23.9. The maximum Gasteiger partial charge on any atom is 0.303 e. The highest BCUT2D eigenvalue weighted by atomic mass is 79.9. The lowest BCUT2D eigenvalue weighted by atomic mass is 10.1. The molecule has 9 heteroatoms. The number of aryl methyl sites for hydroxylation is 1. The van der Waals surface area contributed by atoms with E-state index >= 15 is 0 Å². The predicted molar refractivity (Wildman–Crippen MR) is 128 cm³/mol. The van der Waals surface area contributed by atoms with E-state index in [2.05, 4.69) is 21.2 Å². The van der Waals surface area contributed by atoms with Crippen LogP contribution in [-0.4, -0.2) is 32.7 Å². The van der Waals surface area contributed by atoms with Gasteiger partial charge in [0.15, 0.2) is 0 Å². The first-order valence-corrected chi connectivity index (χ1v) is 11.9. The Labute approximate surface area is 196 Å². The molecule has 0 bridgehead atoms. The van der Waals surface area contributed by atoms with Gasteiger partial charge in [0.05, 0.1) is 12.2 Å². The fourth-order valence-electron chi connectivity index (χ4n) is 3.00. The number of benzene rings is 3. The molecule has 0 heterocycles. The van der Waals surface area contributed by atoms with Gasteiger partial charge < -0.3 is 5.32 Å². The van der Waals surface area contributed by atoms with Gasteiger partial charge in [0, 0.05) is 29.8 Å².